The van der Waals surface area contributed by atoms with Crippen molar-refractivity contribution in [3.05, 3.63) is 34.9 Å². The van der Waals surface area contributed by atoms with Crippen LogP contribution in [0, 0.1) is 18.6 Å². The summed E-state index contributed by atoms with van der Waals surface area (Å²) in [6.45, 7) is 4.14. The number of rotatable bonds is 5. The minimum atomic E-state index is -0.937. The molecular formula is C13H19F2NO2. The van der Waals surface area contributed by atoms with Gasteiger partial charge in [-0.3, -0.25) is 0 Å². The Kier molecular flexibility index (Phi) is 4.78. The molecule has 0 amide bonds. The fraction of sp³-hybridized carbons (Fsp3) is 0.538. The van der Waals surface area contributed by atoms with E-state index in [0.717, 1.165) is 12.1 Å². The summed E-state index contributed by atoms with van der Waals surface area (Å²) in [5.74, 6) is -0.984. The Morgan fingerprint density at radius 3 is 2.28 bits per heavy atom. The van der Waals surface area contributed by atoms with Gasteiger partial charge in [-0.15, -0.1) is 0 Å². The Labute approximate surface area is 105 Å². The molecule has 3 nitrogen and oxygen atoms in total. The van der Waals surface area contributed by atoms with E-state index >= 15 is 0 Å². The first-order chi connectivity index (χ1) is 8.33. The molecule has 0 bridgehead atoms. The second-order valence-corrected chi connectivity index (χ2v) is 4.87. The monoisotopic (exact) mass is 259 g/mol. The molecule has 18 heavy (non-hydrogen) atoms. The number of halogens is 2. The fourth-order valence-corrected chi connectivity index (χ4v) is 1.74. The Bertz CT molecular complexity index is 420. The van der Waals surface area contributed by atoms with Gasteiger partial charge in [-0.2, -0.15) is 0 Å². The predicted octanol–water partition coefficient (Wildman–Crippen LogP) is 1.67. The standard InChI is InChI=1S/C13H19F2NO2/c1-8-4-12(15)10(5-11(8)14)9(2)16-13(3,6-17)7-18/h4-5,9,16-18H,6-7H2,1-3H3. The fourth-order valence-electron chi connectivity index (χ4n) is 1.74. The van der Waals surface area contributed by atoms with Gasteiger partial charge in [0.25, 0.3) is 0 Å². The molecule has 0 aliphatic carbocycles. The lowest BCUT2D eigenvalue weighted by Gasteiger charge is -2.30. The lowest BCUT2D eigenvalue weighted by atomic mass is 9.99. The lowest BCUT2D eigenvalue weighted by molar-refractivity contribution is 0.0953. The minimum Gasteiger partial charge on any atom is -0.394 e. The third kappa shape index (κ3) is 3.25. The second-order valence-electron chi connectivity index (χ2n) is 4.87. The predicted molar refractivity (Wildman–Crippen MR) is 65.2 cm³/mol. The zero-order valence-electron chi connectivity index (χ0n) is 10.8. The SMILES string of the molecule is Cc1cc(F)c(C(C)NC(C)(CO)CO)cc1F. The van der Waals surface area contributed by atoms with Crippen molar-refractivity contribution >= 4 is 0 Å². The van der Waals surface area contributed by atoms with Crippen LogP contribution in [0.25, 0.3) is 0 Å². The molecule has 0 aromatic heterocycles. The first-order valence-electron chi connectivity index (χ1n) is 5.78. The molecule has 0 aliphatic heterocycles. The van der Waals surface area contributed by atoms with Gasteiger partial charge in [0, 0.05) is 11.6 Å². The molecule has 1 atom stereocenters. The molecular weight excluding hydrogens is 240 g/mol. The van der Waals surface area contributed by atoms with Crippen molar-refractivity contribution in [1.82, 2.24) is 5.32 Å². The van der Waals surface area contributed by atoms with Gasteiger partial charge in [0.05, 0.1) is 18.8 Å². The number of hydrogen-bond acceptors (Lipinski definition) is 3. The van der Waals surface area contributed by atoms with E-state index in [1.807, 2.05) is 0 Å². The van der Waals surface area contributed by atoms with E-state index in [0.29, 0.717) is 0 Å². The molecule has 0 fully saturated rings. The van der Waals surface area contributed by atoms with Crippen LogP contribution in [0.2, 0.25) is 0 Å². The maximum atomic E-state index is 13.7. The number of nitrogens with one attached hydrogen (secondary N) is 1. The van der Waals surface area contributed by atoms with Crippen LogP contribution in [0.15, 0.2) is 12.1 Å². The van der Waals surface area contributed by atoms with Crippen molar-refractivity contribution in [3.63, 3.8) is 0 Å². The van der Waals surface area contributed by atoms with Crippen LogP contribution in [-0.4, -0.2) is 29.0 Å². The lowest BCUT2D eigenvalue weighted by Crippen LogP contribution is -2.50. The van der Waals surface area contributed by atoms with E-state index in [-0.39, 0.29) is 24.3 Å². The maximum Gasteiger partial charge on any atom is 0.128 e. The van der Waals surface area contributed by atoms with Crippen molar-refractivity contribution in [1.29, 1.82) is 0 Å². The van der Waals surface area contributed by atoms with Crippen LogP contribution in [0.5, 0.6) is 0 Å². The Morgan fingerprint density at radius 1 is 1.22 bits per heavy atom. The second kappa shape index (κ2) is 5.73. The van der Waals surface area contributed by atoms with Crippen molar-refractivity contribution in [2.45, 2.75) is 32.4 Å². The molecule has 3 N–H and O–H groups in total. The minimum absolute atomic E-state index is 0.172. The molecule has 0 saturated carbocycles. The third-order valence-corrected chi connectivity index (χ3v) is 3.01. The van der Waals surface area contributed by atoms with Gasteiger partial charge in [-0.05, 0) is 38.5 Å². The van der Waals surface area contributed by atoms with Crippen LogP contribution in [0.4, 0.5) is 8.78 Å². The molecule has 102 valence electrons. The summed E-state index contributed by atoms with van der Waals surface area (Å²) in [5, 5.41) is 21.2. The van der Waals surface area contributed by atoms with Crippen molar-refractivity contribution in [2.75, 3.05) is 13.2 Å². The molecule has 0 radical (unpaired) electrons. The molecule has 1 unspecified atom stereocenters. The van der Waals surface area contributed by atoms with Crippen LogP contribution < -0.4 is 5.32 Å². The van der Waals surface area contributed by atoms with Crippen LogP contribution in [0.1, 0.15) is 31.0 Å². The normalized spacial score (nSPS) is 13.7. The van der Waals surface area contributed by atoms with E-state index in [2.05, 4.69) is 5.32 Å². The molecule has 0 aliphatic rings. The van der Waals surface area contributed by atoms with Crippen LogP contribution >= 0.6 is 0 Å². The highest BCUT2D eigenvalue weighted by molar-refractivity contribution is 5.27. The van der Waals surface area contributed by atoms with Gasteiger partial charge < -0.3 is 15.5 Å². The van der Waals surface area contributed by atoms with Gasteiger partial charge >= 0.3 is 0 Å². The van der Waals surface area contributed by atoms with E-state index in [4.69, 9.17) is 10.2 Å². The maximum absolute atomic E-state index is 13.7. The van der Waals surface area contributed by atoms with Gasteiger partial charge in [-0.25, -0.2) is 8.78 Å². The van der Waals surface area contributed by atoms with E-state index in [1.54, 1.807) is 13.8 Å². The summed E-state index contributed by atoms with van der Waals surface area (Å²) in [7, 11) is 0. The van der Waals surface area contributed by atoms with E-state index < -0.39 is 23.2 Å². The summed E-state index contributed by atoms with van der Waals surface area (Å²) in [6, 6.07) is 1.75. The van der Waals surface area contributed by atoms with E-state index in [1.165, 1.54) is 6.92 Å². The van der Waals surface area contributed by atoms with Gasteiger partial charge in [0.2, 0.25) is 0 Å². The molecule has 0 saturated heterocycles. The summed E-state index contributed by atoms with van der Waals surface area (Å²) < 4.78 is 27.2. The molecule has 0 heterocycles. The Balaban J connectivity index is 2.97. The number of benzene rings is 1. The van der Waals surface area contributed by atoms with Gasteiger partial charge in [0.15, 0.2) is 0 Å². The highest BCUT2D eigenvalue weighted by Crippen LogP contribution is 2.22. The Hall–Kier alpha value is -1.04. The largest absolute Gasteiger partial charge is 0.394 e. The zero-order chi connectivity index (χ0) is 13.9. The third-order valence-electron chi connectivity index (χ3n) is 3.01. The number of aliphatic hydroxyl groups is 2. The summed E-state index contributed by atoms with van der Waals surface area (Å²) in [4.78, 5) is 0. The quantitative estimate of drug-likeness (QED) is 0.754. The number of aryl methyl sites for hydroxylation is 1. The van der Waals surface area contributed by atoms with Gasteiger partial charge in [-0.1, -0.05) is 0 Å². The number of hydrogen-bond donors (Lipinski definition) is 3. The molecule has 1 aromatic carbocycles. The van der Waals surface area contributed by atoms with E-state index in [9.17, 15) is 8.78 Å². The smallest absolute Gasteiger partial charge is 0.128 e. The molecule has 1 rings (SSSR count). The topological polar surface area (TPSA) is 52.5 Å². The first kappa shape index (κ1) is 15.0. The number of aliphatic hydroxyl groups excluding tert-OH is 2. The average molecular weight is 259 g/mol. The van der Waals surface area contributed by atoms with Crippen molar-refractivity contribution in [3.8, 4) is 0 Å². The van der Waals surface area contributed by atoms with Crippen molar-refractivity contribution < 1.29 is 19.0 Å². The summed E-state index contributed by atoms with van der Waals surface area (Å²) in [6.07, 6.45) is 0. The highest BCUT2D eigenvalue weighted by Gasteiger charge is 2.26. The summed E-state index contributed by atoms with van der Waals surface area (Å²) >= 11 is 0. The van der Waals surface area contributed by atoms with Gasteiger partial charge in [0.1, 0.15) is 11.6 Å². The van der Waals surface area contributed by atoms with Crippen LogP contribution in [-0.2, 0) is 0 Å². The van der Waals surface area contributed by atoms with Crippen molar-refractivity contribution in [2.24, 2.45) is 0 Å². The molecule has 5 heteroatoms. The first-order valence-corrected chi connectivity index (χ1v) is 5.78. The summed E-state index contributed by atoms with van der Waals surface area (Å²) in [5.41, 5.74) is -0.519. The zero-order valence-corrected chi connectivity index (χ0v) is 10.8. The van der Waals surface area contributed by atoms with Crippen LogP contribution in [0.3, 0.4) is 0 Å². The highest BCUT2D eigenvalue weighted by atomic mass is 19.1. The Morgan fingerprint density at radius 2 is 1.78 bits per heavy atom. The average Bonchev–Trinajstić information content (AvgIpc) is 2.33. The molecule has 1 aromatic rings. The molecule has 0 spiro atoms.